The van der Waals surface area contributed by atoms with E-state index in [1.165, 1.54) is 6.92 Å². The molecule has 0 spiro atoms. The molecule has 0 heterocycles. The maximum atomic E-state index is 11.3. The molecule has 0 aromatic carbocycles. The Morgan fingerprint density at radius 3 is 1.93 bits per heavy atom. The summed E-state index contributed by atoms with van der Waals surface area (Å²) < 4.78 is 26.5. The monoisotopic (exact) mass is 240 g/mol. The van der Waals surface area contributed by atoms with Crippen molar-refractivity contribution in [2.45, 2.75) is 39.0 Å². The van der Waals surface area contributed by atoms with E-state index < -0.39 is 28.3 Å². The third-order valence-electron chi connectivity index (χ3n) is 1.42. The van der Waals surface area contributed by atoms with Crippen molar-refractivity contribution in [3.63, 3.8) is 0 Å². The summed E-state index contributed by atoms with van der Waals surface area (Å²) in [4.78, 5) is 10.6. The smallest absolute Gasteiger partial charge is 0.324 e. The van der Waals surface area contributed by atoms with E-state index >= 15 is 0 Å². The van der Waals surface area contributed by atoms with Crippen LogP contribution in [0.5, 0.6) is 0 Å². The second-order valence-corrected chi connectivity index (χ2v) is 4.93. The van der Waals surface area contributed by atoms with E-state index in [0.29, 0.717) is 0 Å². The van der Waals surface area contributed by atoms with Gasteiger partial charge in [-0.3, -0.25) is 4.79 Å². The summed E-state index contributed by atoms with van der Waals surface area (Å²) in [6.07, 6.45) is -1.31. The first-order valence-electron chi connectivity index (χ1n) is 4.36. The second kappa shape index (κ2) is 5.40. The van der Waals surface area contributed by atoms with Gasteiger partial charge in [0, 0.05) is 6.04 Å². The minimum absolute atomic E-state index is 0.356. The van der Waals surface area contributed by atoms with Crippen LogP contribution in [0.1, 0.15) is 20.8 Å². The number of hydrogen-bond donors (Lipinski definition) is 4. The van der Waals surface area contributed by atoms with Gasteiger partial charge in [0.1, 0.15) is 6.04 Å². The first-order valence-corrected chi connectivity index (χ1v) is 5.84. The van der Waals surface area contributed by atoms with Crippen LogP contribution in [0.3, 0.4) is 0 Å². The largest absolute Gasteiger partial charge is 0.480 e. The summed E-state index contributed by atoms with van der Waals surface area (Å²) in [5, 5.41) is 17.7. The molecule has 90 valence electrons. The Hall–Kier alpha value is -0.700. The van der Waals surface area contributed by atoms with Crippen LogP contribution in [-0.4, -0.2) is 42.8 Å². The third kappa shape index (κ3) is 5.67. The Morgan fingerprint density at radius 2 is 1.67 bits per heavy atom. The van der Waals surface area contributed by atoms with Gasteiger partial charge < -0.3 is 10.2 Å². The lowest BCUT2D eigenvalue weighted by Gasteiger charge is -2.18. The fourth-order valence-electron chi connectivity index (χ4n) is 0.867. The van der Waals surface area contributed by atoms with Gasteiger partial charge in [-0.15, -0.1) is 0 Å². The van der Waals surface area contributed by atoms with Crippen LogP contribution < -0.4 is 9.44 Å². The molecule has 0 aliphatic heterocycles. The molecule has 0 aliphatic rings. The van der Waals surface area contributed by atoms with Gasteiger partial charge in [0.05, 0.1) is 6.10 Å². The molecule has 0 rings (SSSR count). The molecule has 0 unspecified atom stereocenters. The Labute approximate surface area is 88.7 Å². The number of carbonyl (C=O) groups is 1. The highest BCUT2D eigenvalue weighted by Gasteiger charge is 2.28. The number of nitrogens with one attached hydrogen (secondary N) is 2. The zero-order valence-electron chi connectivity index (χ0n) is 8.76. The summed E-state index contributed by atoms with van der Waals surface area (Å²) in [6.45, 7) is 4.38. The first-order chi connectivity index (χ1) is 6.65. The van der Waals surface area contributed by atoms with Crippen LogP contribution in [0.2, 0.25) is 0 Å². The van der Waals surface area contributed by atoms with Crippen molar-refractivity contribution >= 4 is 16.2 Å². The van der Waals surface area contributed by atoms with Crippen molar-refractivity contribution < 1.29 is 23.4 Å². The van der Waals surface area contributed by atoms with E-state index in [2.05, 4.69) is 4.72 Å². The van der Waals surface area contributed by atoms with Crippen molar-refractivity contribution in [3.05, 3.63) is 0 Å². The van der Waals surface area contributed by atoms with Gasteiger partial charge in [-0.1, -0.05) is 0 Å². The van der Waals surface area contributed by atoms with E-state index in [0.717, 1.165) is 0 Å². The number of aliphatic hydroxyl groups excluding tert-OH is 1. The molecule has 0 aromatic heterocycles. The Balaban J connectivity index is 4.61. The van der Waals surface area contributed by atoms with Gasteiger partial charge in [0.15, 0.2) is 0 Å². The zero-order chi connectivity index (χ0) is 12.2. The lowest BCUT2D eigenvalue weighted by Crippen LogP contribution is -2.52. The molecule has 15 heavy (non-hydrogen) atoms. The molecular formula is C7H16N2O5S. The molecule has 0 saturated heterocycles. The van der Waals surface area contributed by atoms with Crippen LogP contribution in [0.4, 0.5) is 0 Å². The molecule has 0 amide bonds. The number of aliphatic hydroxyl groups is 1. The third-order valence-corrected chi connectivity index (χ3v) is 2.77. The molecule has 0 bridgehead atoms. The standard InChI is InChI=1S/C7H16N2O5S/c1-4(2)8-15(13,14)9-6(5(3)10)7(11)12/h4-6,8-10H,1-3H3,(H,11,12)/t5-,6+/m1/s1. The van der Waals surface area contributed by atoms with Crippen LogP contribution >= 0.6 is 0 Å². The van der Waals surface area contributed by atoms with Crippen molar-refractivity contribution in [3.8, 4) is 0 Å². The molecule has 0 radical (unpaired) electrons. The maximum Gasteiger partial charge on any atom is 0.324 e. The molecule has 2 atom stereocenters. The number of carboxylic acid groups (broad SMARTS) is 1. The van der Waals surface area contributed by atoms with Gasteiger partial charge in [-0.05, 0) is 20.8 Å². The Bertz CT molecular complexity index is 311. The van der Waals surface area contributed by atoms with E-state index in [1.54, 1.807) is 13.8 Å². The Morgan fingerprint density at radius 1 is 1.20 bits per heavy atom. The average molecular weight is 240 g/mol. The summed E-state index contributed by atoms with van der Waals surface area (Å²) >= 11 is 0. The van der Waals surface area contributed by atoms with Crippen LogP contribution in [-0.2, 0) is 15.0 Å². The van der Waals surface area contributed by atoms with Gasteiger partial charge in [0.25, 0.3) is 10.2 Å². The first kappa shape index (κ1) is 14.3. The molecule has 4 N–H and O–H groups in total. The number of rotatable bonds is 6. The Kier molecular flexibility index (Phi) is 5.15. The minimum Gasteiger partial charge on any atom is -0.480 e. The van der Waals surface area contributed by atoms with E-state index in [1.807, 2.05) is 4.72 Å². The predicted molar refractivity (Wildman–Crippen MR) is 53.4 cm³/mol. The molecule has 0 saturated carbocycles. The highest BCUT2D eigenvalue weighted by atomic mass is 32.2. The van der Waals surface area contributed by atoms with Gasteiger partial charge >= 0.3 is 5.97 Å². The van der Waals surface area contributed by atoms with Gasteiger partial charge in [-0.25, -0.2) is 0 Å². The lowest BCUT2D eigenvalue weighted by molar-refractivity contribution is -0.141. The lowest BCUT2D eigenvalue weighted by atomic mass is 10.2. The van der Waals surface area contributed by atoms with Gasteiger partial charge in [-0.2, -0.15) is 17.9 Å². The van der Waals surface area contributed by atoms with E-state index in [4.69, 9.17) is 10.2 Å². The van der Waals surface area contributed by atoms with Gasteiger partial charge in [0.2, 0.25) is 0 Å². The molecule has 7 nitrogen and oxygen atoms in total. The number of carboxylic acids is 1. The highest BCUT2D eigenvalue weighted by molar-refractivity contribution is 7.87. The maximum absolute atomic E-state index is 11.3. The number of aliphatic carboxylic acids is 1. The van der Waals surface area contributed by atoms with Crippen molar-refractivity contribution in [2.24, 2.45) is 0 Å². The fraction of sp³-hybridized carbons (Fsp3) is 0.857. The fourth-order valence-corrected chi connectivity index (χ4v) is 2.19. The molecule has 0 aliphatic carbocycles. The molecular weight excluding hydrogens is 224 g/mol. The summed E-state index contributed by atoms with van der Waals surface area (Å²) in [5.74, 6) is -1.43. The molecule has 0 fully saturated rings. The van der Waals surface area contributed by atoms with Crippen LogP contribution in [0, 0.1) is 0 Å². The highest BCUT2D eigenvalue weighted by Crippen LogP contribution is 1.96. The van der Waals surface area contributed by atoms with Crippen molar-refractivity contribution in [1.29, 1.82) is 0 Å². The minimum atomic E-state index is -3.91. The van der Waals surface area contributed by atoms with Crippen LogP contribution in [0.25, 0.3) is 0 Å². The topological polar surface area (TPSA) is 116 Å². The molecule has 8 heteroatoms. The van der Waals surface area contributed by atoms with E-state index in [-0.39, 0.29) is 6.04 Å². The quantitative estimate of drug-likeness (QED) is 0.458. The van der Waals surface area contributed by atoms with E-state index in [9.17, 15) is 13.2 Å². The van der Waals surface area contributed by atoms with Crippen molar-refractivity contribution in [1.82, 2.24) is 9.44 Å². The SMILES string of the molecule is CC(C)NS(=O)(=O)N[C@H](C(=O)O)[C@@H](C)O. The van der Waals surface area contributed by atoms with Crippen LogP contribution in [0.15, 0.2) is 0 Å². The normalized spacial score (nSPS) is 16.3. The zero-order valence-corrected chi connectivity index (χ0v) is 9.58. The number of hydrogen-bond acceptors (Lipinski definition) is 4. The predicted octanol–water partition coefficient (Wildman–Crippen LogP) is -1.35. The second-order valence-electron chi connectivity index (χ2n) is 3.45. The molecule has 0 aromatic rings. The average Bonchev–Trinajstić information content (AvgIpc) is 1.96. The summed E-state index contributed by atoms with van der Waals surface area (Å²) in [5.41, 5.74) is 0. The van der Waals surface area contributed by atoms with Crippen molar-refractivity contribution in [2.75, 3.05) is 0 Å². The summed E-state index contributed by atoms with van der Waals surface area (Å²) in [6, 6.07) is -1.91. The summed E-state index contributed by atoms with van der Waals surface area (Å²) in [7, 11) is -3.91.